The zero-order chi connectivity index (χ0) is 18.2. The van der Waals surface area contributed by atoms with Crippen LogP contribution in [0.4, 0.5) is 4.79 Å². The van der Waals surface area contributed by atoms with E-state index in [0.717, 1.165) is 5.56 Å². The number of Topliss-reactive ketones (excluding diaryl/α,β-unsaturated/α-hetero) is 1. The summed E-state index contributed by atoms with van der Waals surface area (Å²) in [6, 6.07) is 9.12. The second kappa shape index (κ2) is 8.81. The first-order chi connectivity index (χ1) is 12.0. The van der Waals surface area contributed by atoms with Crippen LogP contribution in [-0.4, -0.2) is 54.9 Å². The van der Waals surface area contributed by atoms with Crippen molar-refractivity contribution in [3.8, 4) is 0 Å². The van der Waals surface area contributed by atoms with E-state index in [4.69, 9.17) is 9.47 Å². The predicted octanol–water partition coefficient (Wildman–Crippen LogP) is 0.503. The Hall–Kier alpha value is -2.90. The highest BCUT2D eigenvalue weighted by molar-refractivity contribution is 6.04. The van der Waals surface area contributed by atoms with Gasteiger partial charge in [0.25, 0.3) is 0 Å². The number of carbonyl (C=O) groups excluding carboxylic acids is 4. The van der Waals surface area contributed by atoms with Crippen molar-refractivity contribution in [1.29, 1.82) is 0 Å². The highest BCUT2D eigenvalue weighted by atomic mass is 16.5. The first-order valence-electron chi connectivity index (χ1n) is 7.93. The summed E-state index contributed by atoms with van der Waals surface area (Å²) in [5.74, 6) is -2.40. The van der Waals surface area contributed by atoms with Crippen LogP contribution in [0.3, 0.4) is 0 Å². The molecule has 1 fully saturated rings. The molecule has 1 aliphatic rings. The Morgan fingerprint density at radius 1 is 1.20 bits per heavy atom. The maximum atomic E-state index is 12.0. The molecule has 0 aliphatic carbocycles. The van der Waals surface area contributed by atoms with Crippen LogP contribution in [-0.2, 0) is 30.5 Å². The molecule has 1 saturated heterocycles. The van der Waals surface area contributed by atoms with Crippen molar-refractivity contribution < 1.29 is 28.7 Å². The average molecular weight is 348 g/mol. The Labute approximate surface area is 145 Å². The van der Waals surface area contributed by atoms with Gasteiger partial charge in [0.05, 0.1) is 13.2 Å². The summed E-state index contributed by atoms with van der Waals surface area (Å²) in [6.07, 6.45) is -0.732. The Bertz CT molecular complexity index is 646. The van der Waals surface area contributed by atoms with E-state index in [1.165, 1.54) is 4.90 Å². The molecule has 0 bridgehead atoms. The standard InChI is InChI=1S/C17H20N2O6/c1-2-24-16(22)13-9-19(10-14(13)20)15(21)8-18-17(23)25-11-12-6-4-3-5-7-12/h3-7,13H,2,8-11H2,1H3,(H,18,23). The van der Waals surface area contributed by atoms with Gasteiger partial charge in [-0.25, -0.2) is 4.79 Å². The molecular weight excluding hydrogens is 328 g/mol. The molecule has 1 heterocycles. The largest absolute Gasteiger partial charge is 0.465 e. The van der Waals surface area contributed by atoms with Crippen LogP contribution in [0.2, 0.25) is 0 Å². The minimum absolute atomic E-state index is 0.0305. The molecule has 2 amide bonds. The molecule has 1 atom stereocenters. The van der Waals surface area contributed by atoms with E-state index in [2.05, 4.69) is 5.32 Å². The molecule has 1 aromatic carbocycles. The fourth-order valence-corrected chi connectivity index (χ4v) is 2.36. The van der Waals surface area contributed by atoms with Gasteiger partial charge in [-0.3, -0.25) is 14.4 Å². The van der Waals surface area contributed by atoms with Gasteiger partial charge in [0.2, 0.25) is 5.91 Å². The second-order valence-electron chi connectivity index (χ2n) is 5.46. The van der Waals surface area contributed by atoms with Crippen molar-refractivity contribution in [3.63, 3.8) is 0 Å². The van der Waals surface area contributed by atoms with E-state index < -0.39 is 23.9 Å². The fourth-order valence-electron chi connectivity index (χ4n) is 2.36. The summed E-state index contributed by atoms with van der Waals surface area (Å²) >= 11 is 0. The number of hydrogen-bond acceptors (Lipinski definition) is 6. The molecule has 1 N–H and O–H groups in total. The van der Waals surface area contributed by atoms with Gasteiger partial charge in [-0.05, 0) is 12.5 Å². The molecule has 8 nitrogen and oxygen atoms in total. The molecule has 0 radical (unpaired) electrons. The first kappa shape index (κ1) is 18.4. The zero-order valence-corrected chi connectivity index (χ0v) is 13.9. The van der Waals surface area contributed by atoms with Crippen molar-refractivity contribution in [3.05, 3.63) is 35.9 Å². The lowest BCUT2D eigenvalue weighted by Crippen LogP contribution is -2.39. The average Bonchev–Trinajstić information content (AvgIpc) is 3.01. The van der Waals surface area contributed by atoms with Crippen molar-refractivity contribution >= 4 is 23.8 Å². The first-order valence-corrected chi connectivity index (χ1v) is 7.93. The number of rotatable bonds is 6. The van der Waals surface area contributed by atoms with Crippen LogP contribution in [0, 0.1) is 5.92 Å². The number of hydrogen-bond donors (Lipinski definition) is 1. The smallest absolute Gasteiger partial charge is 0.407 e. The quantitative estimate of drug-likeness (QED) is 0.593. The number of ketones is 1. The van der Waals surface area contributed by atoms with Gasteiger partial charge in [0.15, 0.2) is 5.78 Å². The zero-order valence-electron chi connectivity index (χ0n) is 13.9. The molecular formula is C17H20N2O6. The number of benzene rings is 1. The summed E-state index contributed by atoms with van der Waals surface area (Å²) < 4.78 is 9.80. The van der Waals surface area contributed by atoms with E-state index in [1.807, 2.05) is 30.3 Å². The molecule has 0 spiro atoms. The third kappa shape index (κ3) is 5.30. The Morgan fingerprint density at radius 2 is 1.92 bits per heavy atom. The summed E-state index contributed by atoms with van der Waals surface area (Å²) in [4.78, 5) is 48.3. The molecule has 1 aromatic rings. The van der Waals surface area contributed by atoms with Gasteiger partial charge in [0, 0.05) is 6.54 Å². The van der Waals surface area contributed by atoms with E-state index in [9.17, 15) is 19.2 Å². The van der Waals surface area contributed by atoms with Gasteiger partial charge < -0.3 is 19.7 Å². The van der Waals surface area contributed by atoms with Crippen LogP contribution < -0.4 is 5.32 Å². The predicted molar refractivity (Wildman–Crippen MR) is 86.3 cm³/mol. The van der Waals surface area contributed by atoms with Crippen LogP contribution in [0.5, 0.6) is 0 Å². The van der Waals surface area contributed by atoms with Gasteiger partial charge in [-0.15, -0.1) is 0 Å². The number of esters is 1. The lowest BCUT2D eigenvalue weighted by atomic mass is 10.1. The molecule has 1 unspecified atom stereocenters. The van der Waals surface area contributed by atoms with Crippen molar-refractivity contribution in [2.75, 3.05) is 26.2 Å². The number of likely N-dealkylation sites (tertiary alicyclic amines) is 1. The molecule has 134 valence electrons. The Morgan fingerprint density at radius 3 is 2.60 bits per heavy atom. The highest BCUT2D eigenvalue weighted by Gasteiger charge is 2.39. The number of amides is 2. The molecule has 25 heavy (non-hydrogen) atoms. The topological polar surface area (TPSA) is 102 Å². The number of ether oxygens (including phenoxy) is 2. The van der Waals surface area contributed by atoms with Crippen LogP contribution in [0.1, 0.15) is 12.5 Å². The molecule has 8 heteroatoms. The molecule has 2 rings (SSSR count). The Balaban J connectivity index is 1.74. The van der Waals surface area contributed by atoms with E-state index in [-0.39, 0.29) is 38.6 Å². The molecule has 0 aromatic heterocycles. The van der Waals surface area contributed by atoms with Crippen molar-refractivity contribution in [1.82, 2.24) is 10.2 Å². The van der Waals surface area contributed by atoms with Crippen LogP contribution in [0.25, 0.3) is 0 Å². The molecule has 1 aliphatic heterocycles. The van der Waals surface area contributed by atoms with Gasteiger partial charge >= 0.3 is 12.1 Å². The van der Waals surface area contributed by atoms with Crippen LogP contribution >= 0.6 is 0 Å². The van der Waals surface area contributed by atoms with E-state index >= 15 is 0 Å². The lowest BCUT2D eigenvalue weighted by Gasteiger charge is -2.15. The number of nitrogens with one attached hydrogen (secondary N) is 1. The van der Waals surface area contributed by atoms with E-state index in [0.29, 0.717) is 0 Å². The number of alkyl carbamates (subject to hydrolysis) is 1. The van der Waals surface area contributed by atoms with E-state index in [1.54, 1.807) is 6.92 Å². The summed E-state index contributed by atoms with van der Waals surface area (Å²) in [6.45, 7) is 1.40. The maximum absolute atomic E-state index is 12.0. The van der Waals surface area contributed by atoms with Gasteiger partial charge in [-0.1, -0.05) is 30.3 Å². The summed E-state index contributed by atoms with van der Waals surface area (Å²) in [7, 11) is 0. The second-order valence-corrected chi connectivity index (χ2v) is 5.46. The Kier molecular flexibility index (Phi) is 6.50. The third-order valence-corrected chi connectivity index (χ3v) is 3.66. The SMILES string of the molecule is CCOC(=O)C1CN(C(=O)CNC(=O)OCc2ccccc2)CC1=O. The van der Waals surface area contributed by atoms with Gasteiger partial charge in [-0.2, -0.15) is 0 Å². The summed E-state index contributed by atoms with van der Waals surface area (Å²) in [5.41, 5.74) is 0.825. The maximum Gasteiger partial charge on any atom is 0.407 e. The highest BCUT2D eigenvalue weighted by Crippen LogP contribution is 2.14. The number of carbonyl (C=O) groups is 4. The normalized spacial score (nSPS) is 16.4. The van der Waals surface area contributed by atoms with Crippen molar-refractivity contribution in [2.24, 2.45) is 5.92 Å². The molecule has 0 saturated carbocycles. The fraction of sp³-hybridized carbons (Fsp3) is 0.412. The van der Waals surface area contributed by atoms with Gasteiger partial charge in [0.1, 0.15) is 19.1 Å². The minimum Gasteiger partial charge on any atom is -0.465 e. The minimum atomic E-state index is -0.950. The van der Waals surface area contributed by atoms with Crippen LogP contribution in [0.15, 0.2) is 30.3 Å². The van der Waals surface area contributed by atoms with Crippen molar-refractivity contribution in [2.45, 2.75) is 13.5 Å². The lowest BCUT2D eigenvalue weighted by molar-refractivity contribution is -0.149. The third-order valence-electron chi connectivity index (χ3n) is 3.66. The summed E-state index contributed by atoms with van der Waals surface area (Å²) in [5, 5.41) is 2.33. The monoisotopic (exact) mass is 348 g/mol. The number of nitrogens with zero attached hydrogens (tertiary/aromatic N) is 1.